The molecule has 2 fully saturated rings. The SMILES string of the molecule is CN1CCN(C(C)(C)CNC(=O)N2CCC(c3ccn[nH]3)CC2)CC1. The van der Waals surface area contributed by atoms with Gasteiger partial charge in [-0.05, 0) is 39.8 Å². The second kappa shape index (κ2) is 7.74. The van der Waals surface area contributed by atoms with E-state index in [0.717, 1.165) is 52.1 Å². The van der Waals surface area contributed by atoms with Crippen LogP contribution in [0.3, 0.4) is 0 Å². The molecule has 0 unspecified atom stereocenters. The number of urea groups is 1. The lowest BCUT2D eigenvalue weighted by Gasteiger charge is -2.43. The van der Waals surface area contributed by atoms with Gasteiger partial charge in [-0.2, -0.15) is 5.10 Å². The van der Waals surface area contributed by atoms with Crippen molar-refractivity contribution in [1.82, 2.24) is 30.2 Å². The molecule has 3 heterocycles. The molecule has 7 nitrogen and oxygen atoms in total. The van der Waals surface area contributed by atoms with E-state index in [9.17, 15) is 4.79 Å². The Bertz CT molecular complexity index is 542. The highest BCUT2D eigenvalue weighted by Crippen LogP contribution is 2.26. The normalized spacial score (nSPS) is 21.5. The highest BCUT2D eigenvalue weighted by Gasteiger charge is 2.31. The van der Waals surface area contributed by atoms with E-state index >= 15 is 0 Å². The summed E-state index contributed by atoms with van der Waals surface area (Å²) in [6, 6.07) is 2.11. The summed E-state index contributed by atoms with van der Waals surface area (Å²) in [4.78, 5) is 19.3. The van der Waals surface area contributed by atoms with Gasteiger partial charge in [-0.3, -0.25) is 10.00 Å². The van der Waals surface area contributed by atoms with Crippen molar-refractivity contribution < 1.29 is 4.79 Å². The van der Waals surface area contributed by atoms with Crippen LogP contribution in [0.25, 0.3) is 0 Å². The number of H-pyrrole nitrogens is 1. The van der Waals surface area contributed by atoms with Crippen LogP contribution in [0, 0.1) is 0 Å². The van der Waals surface area contributed by atoms with E-state index in [1.807, 2.05) is 11.0 Å². The maximum absolute atomic E-state index is 12.5. The zero-order valence-electron chi connectivity index (χ0n) is 15.8. The Morgan fingerprint density at radius 2 is 1.92 bits per heavy atom. The van der Waals surface area contributed by atoms with Gasteiger partial charge in [0.15, 0.2) is 0 Å². The van der Waals surface area contributed by atoms with E-state index in [0.29, 0.717) is 12.5 Å². The zero-order valence-corrected chi connectivity index (χ0v) is 15.8. The Hall–Kier alpha value is -1.60. The molecule has 1 aromatic heterocycles. The quantitative estimate of drug-likeness (QED) is 0.861. The van der Waals surface area contributed by atoms with E-state index in [-0.39, 0.29) is 11.6 Å². The Morgan fingerprint density at radius 3 is 2.52 bits per heavy atom. The molecule has 0 saturated carbocycles. The van der Waals surface area contributed by atoms with Crippen molar-refractivity contribution in [2.45, 2.75) is 38.1 Å². The van der Waals surface area contributed by atoms with Crippen molar-refractivity contribution in [2.75, 3.05) is 52.9 Å². The lowest BCUT2D eigenvalue weighted by molar-refractivity contribution is 0.0619. The first-order chi connectivity index (χ1) is 12.0. The van der Waals surface area contributed by atoms with Crippen LogP contribution in [0.2, 0.25) is 0 Å². The number of carbonyl (C=O) groups is 1. The number of amides is 2. The monoisotopic (exact) mass is 348 g/mol. The predicted molar refractivity (Wildman–Crippen MR) is 98.7 cm³/mol. The van der Waals surface area contributed by atoms with E-state index in [1.165, 1.54) is 5.69 Å². The molecule has 2 N–H and O–H groups in total. The lowest BCUT2D eigenvalue weighted by Crippen LogP contribution is -2.58. The molecule has 2 aliphatic rings. The number of nitrogens with one attached hydrogen (secondary N) is 2. The van der Waals surface area contributed by atoms with Crippen molar-refractivity contribution in [3.05, 3.63) is 18.0 Å². The van der Waals surface area contributed by atoms with Crippen LogP contribution in [0.15, 0.2) is 12.3 Å². The topological polar surface area (TPSA) is 67.5 Å². The lowest BCUT2D eigenvalue weighted by atomic mass is 9.94. The van der Waals surface area contributed by atoms with Gasteiger partial charge < -0.3 is 15.1 Å². The molecule has 2 aliphatic heterocycles. The third-order valence-corrected chi connectivity index (χ3v) is 5.78. The predicted octanol–water partition coefficient (Wildman–Crippen LogP) is 1.32. The van der Waals surface area contributed by atoms with Gasteiger partial charge >= 0.3 is 6.03 Å². The van der Waals surface area contributed by atoms with Gasteiger partial charge in [0.2, 0.25) is 0 Å². The maximum Gasteiger partial charge on any atom is 0.317 e. The summed E-state index contributed by atoms with van der Waals surface area (Å²) in [6.45, 7) is 11.1. The summed E-state index contributed by atoms with van der Waals surface area (Å²) >= 11 is 0. The first kappa shape index (κ1) is 18.2. The van der Waals surface area contributed by atoms with Crippen molar-refractivity contribution >= 4 is 6.03 Å². The molecule has 1 aromatic rings. The molecule has 3 rings (SSSR count). The summed E-state index contributed by atoms with van der Waals surface area (Å²) in [6.07, 6.45) is 3.80. The van der Waals surface area contributed by atoms with Crippen LogP contribution >= 0.6 is 0 Å². The van der Waals surface area contributed by atoms with Crippen LogP contribution in [0.1, 0.15) is 38.3 Å². The number of likely N-dealkylation sites (tertiary alicyclic amines) is 1. The average molecular weight is 348 g/mol. The summed E-state index contributed by atoms with van der Waals surface area (Å²) < 4.78 is 0. The molecule has 140 valence electrons. The number of piperazine rings is 1. The number of hydrogen-bond acceptors (Lipinski definition) is 4. The van der Waals surface area contributed by atoms with E-state index in [1.54, 1.807) is 6.20 Å². The van der Waals surface area contributed by atoms with E-state index in [4.69, 9.17) is 0 Å². The van der Waals surface area contributed by atoms with Gasteiger partial charge in [0.25, 0.3) is 0 Å². The van der Waals surface area contributed by atoms with Gasteiger partial charge in [-0.25, -0.2) is 4.79 Å². The minimum absolute atomic E-state index is 0.00877. The molecule has 0 aromatic carbocycles. The first-order valence-corrected chi connectivity index (χ1v) is 9.41. The number of aromatic nitrogens is 2. The van der Waals surface area contributed by atoms with Gasteiger partial charge in [0.05, 0.1) is 0 Å². The van der Waals surface area contributed by atoms with Crippen molar-refractivity contribution in [3.8, 4) is 0 Å². The molecule has 0 aliphatic carbocycles. The number of hydrogen-bond donors (Lipinski definition) is 2. The van der Waals surface area contributed by atoms with Crippen LogP contribution in [-0.4, -0.2) is 89.3 Å². The summed E-state index contributed by atoms with van der Waals surface area (Å²) in [5.74, 6) is 0.494. The summed E-state index contributed by atoms with van der Waals surface area (Å²) in [5, 5.41) is 10.3. The second-order valence-corrected chi connectivity index (χ2v) is 8.03. The number of carbonyl (C=O) groups excluding carboxylic acids is 1. The largest absolute Gasteiger partial charge is 0.336 e. The first-order valence-electron chi connectivity index (χ1n) is 9.41. The number of rotatable bonds is 4. The highest BCUT2D eigenvalue weighted by molar-refractivity contribution is 5.74. The molecule has 2 saturated heterocycles. The standard InChI is InChI=1S/C18H32N6O/c1-18(2,24-12-10-22(3)11-13-24)14-19-17(25)23-8-5-15(6-9-23)16-4-7-20-21-16/h4,7,15H,5-6,8-14H2,1-3H3,(H,19,25)(H,20,21). The number of nitrogens with zero attached hydrogens (tertiary/aromatic N) is 4. The van der Waals surface area contributed by atoms with Gasteiger partial charge in [0, 0.05) is 69.2 Å². The molecule has 0 bridgehead atoms. The van der Waals surface area contributed by atoms with Crippen molar-refractivity contribution in [3.63, 3.8) is 0 Å². The van der Waals surface area contributed by atoms with Crippen LogP contribution < -0.4 is 5.32 Å². The third-order valence-electron chi connectivity index (χ3n) is 5.78. The summed E-state index contributed by atoms with van der Waals surface area (Å²) in [7, 11) is 2.17. The van der Waals surface area contributed by atoms with Crippen LogP contribution in [0.4, 0.5) is 4.79 Å². The Morgan fingerprint density at radius 1 is 1.24 bits per heavy atom. The van der Waals surface area contributed by atoms with E-state index < -0.39 is 0 Å². The molecule has 2 amide bonds. The molecular weight excluding hydrogens is 316 g/mol. The average Bonchev–Trinajstić information content (AvgIpc) is 3.15. The van der Waals surface area contributed by atoms with Gasteiger partial charge in [-0.15, -0.1) is 0 Å². The van der Waals surface area contributed by atoms with Crippen LogP contribution in [0.5, 0.6) is 0 Å². The zero-order chi connectivity index (χ0) is 17.9. The Labute approximate surface area is 150 Å². The van der Waals surface area contributed by atoms with Crippen molar-refractivity contribution in [1.29, 1.82) is 0 Å². The third kappa shape index (κ3) is 4.52. The fourth-order valence-electron chi connectivity index (χ4n) is 3.81. The molecular formula is C18H32N6O. The minimum Gasteiger partial charge on any atom is -0.336 e. The maximum atomic E-state index is 12.5. The number of piperidine rings is 1. The number of likely N-dealkylation sites (N-methyl/N-ethyl adjacent to an activating group) is 1. The second-order valence-electron chi connectivity index (χ2n) is 8.03. The van der Waals surface area contributed by atoms with Gasteiger partial charge in [0.1, 0.15) is 0 Å². The molecule has 0 radical (unpaired) electrons. The summed E-state index contributed by atoms with van der Waals surface area (Å²) in [5.41, 5.74) is 1.18. The van der Waals surface area contributed by atoms with Crippen LogP contribution in [-0.2, 0) is 0 Å². The molecule has 0 spiro atoms. The van der Waals surface area contributed by atoms with Crippen molar-refractivity contribution in [2.24, 2.45) is 0 Å². The fourth-order valence-corrected chi connectivity index (χ4v) is 3.81. The minimum atomic E-state index is -0.00877. The molecule has 7 heteroatoms. The fraction of sp³-hybridized carbons (Fsp3) is 0.778. The Kier molecular flexibility index (Phi) is 5.64. The Balaban J connectivity index is 1.43. The molecule has 25 heavy (non-hydrogen) atoms. The molecule has 0 atom stereocenters. The highest BCUT2D eigenvalue weighted by atomic mass is 16.2. The smallest absolute Gasteiger partial charge is 0.317 e. The van der Waals surface area contributed by atoms with Gasteiger partial charge in [-0.1, -0.05) is 0 Å². The number of aromatic amines is 1. The van der Waals surface area contributed by atoms with E-state index in [2.05, 4.69) is 46.2 Å².